The molecule has 0 bridgehead atoms. The minimum atomic E-state index is -0.390. The van der Waals surface area contributed by atoms with Gasteiger partial charge in [0, 0.05) is 24.2 Å². The lowest BCUT2D eigenvalue weighted by Crippen LogP contribution is -2.37. The highest BCUT2D eigenvalue weighted by Crippen LogP contribution is 2.26. The van der Waals surface area contributed by atoms with Gasteiger partial charge in [0.15, 0.2) is 0 Å². The van der Waals surface area contributed by atoms with E-state index in [9.17, 15) is 5.11 Å². The van der Waals surface area contributed by atoms with E-state index in [1.54, 1.807) is 0 Å². The van der Waals surface area contributed by atoms with Gasteiger partial charge in [-0.15, -0.1) is 0 Å². The molecule has 0 aliphatic heterocycles. The highest BCUT2D eigenvalue weighted by atomic mass is 35.5. The fourth-order valence-electron chi connectivity index (χ4n) is 3.30. The zero-order chi connectivity index (χ0) is 15.2. The van der Waals surface area contributed by atoms with Gasteiger partial charge >= 0.3 is 0 Å². The summed E-state index contributed by atoms with van der Waals surface area (Å²) >= 11 is 5.90. The van der Waals surface area contributed by atoms with Crippen LogP contribution in [0.1, 0.15) is 57.6 Å². The summed E-state index contributed by atoms with van der Waals surface area (Å²) in [6, 6.07) is 8.28. The van der Waals surface area contributed by atoms with Crippen LogP contribution in [-0.4, -0.2) is 29.1 Å². The van der Waals surface area contributed by atoms with Crippen LogP contribution in [0.4, 0.5) is 0 Å². The minimum absolute atomic E-state index is 0.390. The molecule has 1 aliphatic carbocycles. The molecule has 0 aromatic heterocycles. The molecule has 21 heavy (non-hydrogen) atoms. The largest absolute Gasteiger partial charge is 0.388 e. The molecule has 118 valence electrons. The van der Waals surface area contributed by atoms with Crippen molar-refractivity contribution >= 4 is 11.6 Å². The Balaban J connectivity index is 1.89. The van der Waals surface area contributed by atoms with Crippen molar-refractivity contribution in [3.05, 3.63) is 34.9 Å². The molecule has 1 fully saturated rings. The molecule has 0 amide bonds. The molecular formula is C18H28ClNO. The second kappa shape index (κ2) is 8.17. The van der Waals surface area contributed by atoms with Crippen molar-refractivity contribution in [3.63, 3.8) is 0 Å². The first kappa shape index (κ1) is 16.8. The van der Waals surface area contributed by atoms with Crippen molar-refractivity contribution in [2.75, 3.05) is 13.1 Å². The molecule has 1 atom stereocenters. The van der Waals surface area contributed by atoms with Gasteiger partial charge in [0.25, 0.3) is 0 Å². The molecule has 0 saturated heterocycles. The second-order valence-electron chi connectivity index (χ2n) is 6.68. The summed E-state index contributed by atoms with van der Waals surface area (Å²) in [5.74, 6) is 0.679. The lowest BCUT2D eigenvalue weighted by molar-refractivity contribution is 0.116. The van der Waals surface area contributed by atoms with Gasteiger partial charge in [0.2, 0.25) is 0 Å². The van der Waals surface area contributed by atoms with Gasteiger partial charge < -0.3 is 10.0 Å². The monoisotopic (exact) mass is 309 g/mol. The molecule has 0 heterocycles. The first-order valence-electron chi connectivity index (χ1n) is 8.24. The molecule has 0 radical (unpaired) electrons. The fraction of sp³-hybridized carbons (Fsp3) is 0.667. The normalized spacial score (nSPS) is 17.8. The summed E-state index contributed by atoms with van der Waals surface area (Å²) < 4.78 is 0. The molecular weight excluding hydrogens is 282 g/mol. The van der Waals surface area contributed by atoms with Gasteiger partial charge in [-0.25, -0.2) is 0 Å². The van der Waals surface area contributed by atoms with E-state index in [1.165, 1.54) is 25.7 Å². The number of rotatable bonds is 7. The lowest BCUT2D eigenvalue weighted by Gasteiger charge is -2.31. The zero-order valence-electron chi connectivity index (χ0n) is 13.3. The van der Waals surface area contributed by atoms with Gasteiger partial charge in [0.05, 0.1) is 6.10 Å². The second-order valence-corrected chi connectivity index (χ2v) is 7.12. The Labute approximate surface area is 134 Å². The summed E-state index contributed by atoms with van der Waals surface area (Å²) in [6.45, 7) is 6.67. The summed E-state index contributed by atoms with van der Waals surface area (Å²) in [6.07, 6.45) is 5.77. The van der Waals surface area contributed by atoms with Crippen molar-refractivity contribution in [2.45, 2.75) is 58.1 Å². The smallest absolute Gasteiger partial charge is 0.0802 e. The minimum Gasteiger partial charge on any atom is -0.388 e. The Bertz CT molecular complexity index is 412. The predicted molar refractivity (Wildman–Crippen MR) is 89.7 cm³/mol. The van der Waals surface area contributed by atoms with Gasteiger partial charge in [-0.05, 0) is 42.9 Å². The van der Waals surface area contributed by atoms with Gasteiger partial charge in [0.1, 0.15) is 0 Å². The summed E-state index contributed by atoms with van der Waals surface area (Å²) in [5.41, 5.74) is 0.968. The lowest BCUT2D eigenvalue weighted by atomic mass is 10.0. The van der Waals surface area contributed by atoms with Crippen LogP contribution in [0.5, 0.6) is 0 Å². The molecule has 2 nitrogen and oxygen atoms in total. The van der Waals surface area contributed by atoms with Crippen molar-refractivity contribution in [2.24, 2.45) is 5.92 Å². The fourth-order valence-corrected chi connectivity index (χ4v) is 3.43. The van der Waals surface area contributed by atoms with Crippen molar-refractivity contribution in [1.82, 2.24) is 4.90 Å². The van der Waals surface area contributed by atoms with Crippen LogP contribution in [-0.2, 0) is 0 Å². The molecule has 1 aromatic carbocycles. The highest BCUT2D eigenvalue weighted by molar-refractivity contribution is 6.30. The van der Waals surface area contributed by atoms with E-state index in [2.05, 4.69) is 18.7 Å². The van der Waals surface area contributed by atoms with E-state index >= 15 is 0 Å². The number of hydrogen-bond donors (Lipinski definition) is 1. The summed E-state index contributed by atoms with van der Waals surface area (Å²) in [4.78, 5) is 2.59. The Morgan fingerprint density at radius 2 is 1.81 bits per heavy atom. The van der Waals surface area contributed by atoms with E-state index in [0.29, 0.717) is 5.92 Å². The van der Waals surface area contributed by atoms with E-state index in [0.717, 1.165) is 36.1 Å². The number of benzene rings is 1. The predicted octanol–water partition coefficient (Wildman–Crippen LogP) is 4.66. The zero-order valence-corrected chi connectivity index (χ0v) is 14.0. The quantitative estimate of drug-likeness (QED) is 0.791. The maximum Gasteiger partial charge on any atom is 0.0802 e. The Morgan fingerprint density at radius 1 is 1.19 bits per heavy atom. The van der Waals surface area contributed by atoms with Crippen LogP contribution in [0.2, 0.25) is 5.02 Å². The molecule has 1 saturated carbocycles. The maximum atomic E-state index is 10.4. The number of hydrogen-bond acceptors (Lipinski definition) is 2. The Kier molecular flexibility index (Phi) is 6.53. The SMILES string of the molecule is CC(C)CN(CCC(O)c1ccc(Cl)cc1)C1CCCC1. The standard InChI is InChI=1S/C18H28ClNO/c1-14(2)13-20(17-5-3-4-6-17)12-11-18(21)15-7-9-16(19)10-8-15/h7-10,14,17-18,21H,3-6,11-13H2,1-2H3. The first-order chi connectivity index (χ1) is 10.1. The average molecular weight is 310 g/mol. The molecule has 1 unspecified atom stereocenters. The average Bonchev–Trinajstić information content (AvgIpc) is 2.97. The topological polar surface area (TPSA) is 23.5 Å². The number of nitrogens with zero attached hydrogens (tertiary/aromatic N) is 1. The van der Waals surface area contributed by atoms with Crippen LogP contribution >= 0.6 is 11.6 Å². The summed E-state index contributed by atoms with van der Waals surface area (Å²) in [7, 11) is 0. The molecule has 1 aliphatic rings. The van der Waals surface area contributed by atoms with Gasteiger partial charge in [-0.2, -0.15) is 0 Å². The number of aliphatic hydroxyl groups excluding tert-OH is 1. The van der Waals surface area contributed by atoms with Crippen LogP contribution < -0.4 is 0 Å². The van der Waals surface area contributed by atoms with E-state index < -0.39 is 6.10 Å². The van der Waals surface area contributed by atoms with Crippen LogP contribution in [0, 0.1) is 5.92 Å². The maximum absolute atomic E-state index is 10.4. The van der Waals surface area contributed by atoms with E-state index in [1.807, 2.05) is 24.3 Å². The van der Waals surface area contributed by atoms with Crippen molar-refractivity contribution < 1.29 is 5.11 Å². The molecule has 1 aromatic rings. The highest BCUT2D eigenvalue weighted by Gasteiger charge is 2.23. The Morgan fingerprint density at radius 3 is 2.38 bits per heavy atom. The van der Waals surface area contributed by atoms with Gasteiger partial charge in [-0.3, -0.25) is 0 Å². The Hall–Kier alpha value is -0.570. The van der Waals surface area contributed by atoms with Crippen LogP contribution in [0.3, 0.4) is 0 Å². The molecule has 2 rings (SSSR count). The van der Waals surface area contributed by atoms with Crippen molar-refractivity contribution in [3.8, 4) is 0 Å². The molecule has 1 N–H and O–H groups in total. The molecule has 0 spiro atoms. The van der Waals surface area contributed by atoms with Crippen LogP contribution in [0.25, 0.3) is 0 Å². The first-order valence-corrected chi connectivity index (χ1v) is 8.61. The molecule has 3 heteroatoms. The van der Waals surface area contributed by atoms with Crippen LogP contribution in [0.15, 0.2) is 24.3 Å². The van der Waals surface area contributed by atoms with Gasteiger partial charge in [-0.1, -0.05) is 50.4 Å². The van der Waals surface area contributed by atoms with E-state index in [-0.39, 0.29) is 0 Å². The number of halogens is 1. The third-order valence-electron chi connectivity index (χ3n) is 4.39. The summed E-state index contributed by atoms with van der Waals surface area (Å²) in [5, 5.41) is 11.1. The third-order valence-corrected chi connectivity index (χ3v) is 4.64. The number of aliphatic hydroxyl groups is 1. The van der Waals surface area contributed by atoms with E-state index in [4.69, 9.17) is 11.6 Å². The van der Waals surface area contributed by atoms with Crippen molar-refractivity contribution in [1.29, 1.82) is 0 Å². The third kappa shape index (κ3) is 5.28.